The molecule has 0 aliphatic carbocycles. The van der Waals surface area contributed by atoms with E-state index < -0.39 is 28.5 Å². The van der Waals surface area contributed by atoms with Crippen molar-refractivity contribution in [2.75, 3.05) is 63.4 Å². The van der Waals surface area contributed by atoms with E-state index in [4.69, 9.17) is 9.47 Å². The molecule has 3 N–H and O–H groups in total. The summed E-state index contributed by atoms with van der Waals surface area (Å²) in [6.45, 7) is 4.66. The third-order valence-electron chi connectivity index (χ3n) is 7.16. The van der Waals surface area contributed by atoms with Gasteiger partial charge in [0.05, 0.1) is 51.5 Å². The van der Waals surface area contributed by atoms with Crippen LogP contribution in [0.15, 0.2) is 41.3 Å². The van der Waals surface area contributed by atoms with Crippen molar-refractivity contribution in [2.45, 2.75) is 49.4 Å². The second-order valence-electron chi connectivity index (χ2n) is 10.9. The second kappa shape index (κ2) is 14.8. The van der Waals surface area contributed by atoms with Crippen LogP contribution < -0.4 is 15.4 Å². The topological polar surface area (TPSA) is 100 Å². The molecular formula is C31H38F3N3O5S2. The van der Waals surface area contributed by atoms with Crippen molar-refractivity contribution in [3.63, 3.8) is 0 Å². The standard InChI is InChI=1S/C31H38F3N3O5S2/c1-21(38)20-37-14-11-22(12-15-37)36-27-7-4-6-24-25(19-31(32,33)34)29(43-30(24)27)8-5-13-35-26-10-9-23(44(3,39)40)18-28(26)42-17-16-41-2/h4,6-7,9-10,18,21-22,35-36,38H,11-17,19-20H2,1-3H3. The van der Waals surface area contributed by atoms with Gasteiger partial charge in [0.15, 0.2) is 9.84 Å². The van der Waals surface area contributed by atoms with Crippen LogP contribution in [0, 0.1) is 11.8 Å². The molecule has 0 saturated carbocycles. The molecule has 0 bridgehead atoms. The third kappa shape index (κ3) is 9.49. The van der Waals surface area contributed by atoms with Crippen LogP contribution in [-0.4, -0.2) is 89.5 Å². The first-order valence-corrected chi connectivity index (χ1v) is 17.0. The average Bonchev–Trinajstić information content (AvgIpc) is 3.28. The lowest BCUT2D eigenvalue weighted by molar-refractivity contribution is -0.126. The summed E-state index contributed by atoms with van der Waals surface area (Å²) < 4.78 is 76.5. The van der Waals surface area contributed by atoms with Crippen LogP contribution in [0.4, 0.5) is 24.5 Å². The van der Waals surface area contributed by atoms with Crippen LogP contribution in [0.1, 0.15) is 30.2 Å². The number of halogens is 3. The second-order valence-corrected chi connectivity index (χ2v) is 13.9. The summed E-state index contributed by atoms with van der Waals surface area (Å²) in [6.07, 6.45) is -3.05. The molecule has 1 aromatic heterocycles. The van der Waals surface area contributed by atoms with Crippen molar-refractivity contribution in [2.24, 2.45) is 0 Å². The number of rotatable bonds is 12. The number of benzene rings is 2. The summed E-state index contributed by atoms with van der Waals surface area (Å²) in [5, 5.41) is 16.8. The SMILES string of the molecule is COCCOc1cc(S(C)(=O)=O)ccc1NCC#Cc1sc2c(NC3CCN(CC(C)O)CC3)cccc2c1CC(F)(F)F. The van der Waals surface area contributed by atoms with E-state index in [1.54, 1.807) is 25.1 Å². The van der Waals surface area contributed by atoms with Gasteiger partial charge in [-0.15, -0.1) is 11.3 Å². The predicted molar refractivity (Wildman–Crippen MR) is 169 cm³/mol. The van der Waals surface area contributed by atoms with Gasteiger partial charge in [-0.25, -0.2) is 8.42 Å². The molecule has 44 heavy (non-hydrogen) atoms. The number of hydrogen-bond acceptors (Lipinski definition) is 9. The highest BCUT2D eigenvalue weighted by atomic mass is 32.2. The zero-order valence-corrected chi connectivity index (χ0v) is 26.6. The Morgan fingerprint density at radius 1 is 1.16 bits per heavy atom. The third-order valence-corrected chi connectivity index (χ3v) is 9.47. The van der Waals surface area contributed by atoms with Gasteiger partial charge in [-0.05, 0) is 48.9 Å². The Kier molecular flexibility index (Phi) is 11.4. The summed E-state index contributed by atoms with van der Waals surface area (Å²) in [6, 6.07) is 9.98. The lowest BCUT2D eigenvalue weighted by Gasteiger charge is -2.33. The van der Waals surface area contributed by atoms with Crippen LogP contribution in [-0.2, 0) is 21.0 Å². The summed E-state index contributed by atoms with van der Waals surface area (Å²) in [5.74, 6) is 6.19. The number of sulfone groups is 1. The van der Waals surface area contributed by atoms with Crippen molar-refractivity contribution in [1.82, 2.24) is 4.90 Å². The minimum absolute atomic E-state index is 0.0920. The fraction of sp³-hybridized carbons (Fsp3) is 0.484. The van der Waals surface area contributed by atoms with E-state index in [1.807, 2.05) is 6.07 Å². The number of anilines is 2. The van der Waals surface area contributed by atoms with E-state index in [2.05, 4.69) is 27.4 Å². The molecule has 8 nitrogen and oxygen atoms in total. The molecule has 2 aromatic carbocycles. The van der Waals surface area contributed by atoms with E-state index in [0.717, 1.165) is 42.6 Å². The number of piperidine rings is 1. The zero-order chi connectivity index (χ0) is 31.9. The maximum absolute atomic E-state index is 13.7. The molecule has 1 saturated heterocycles. The Morgan fingerprint density at radius 3 is 2.57 bits per heavy atom. The van der Waals surface area contributed by atoms with Crippen LogP contribution in [0.25, 0.3) is 10.1 Å². The van der Waals surface area contributed by atoms with E-state index >= 15 is 0 Å². The Morgan fingerprint density at radius 2 is 1.91 bits per heavy atom. The molecule has 1 unspecified atom stereocenters. The van der Waals surface area contributed by atoms with Crippen LogP contribution >= 0.6 is 11.3 Å². The summed E-state index contributed by atoms with van der Waals surface area (Å²) in [4.78, 5) is 2.66. The van der Waals surface area contributed by atoms with Gasteiger partial charge in [0, 0.05) is 45.1 Å². The van der Waals surface area contributed by atoms with Gasteiger partial charge in [0.1, 0.15) is 12.4 Å². The van der Waals surface area contributed by atoms with Crippen molar-refractivity contribution in [3.05, 3.63) is 46.8 Å². The minimum Gasteiger partial charge on any atom is -0.489 e. The van der Waals surface area contributed by atoms with Crippen LogP contribution in [0.5, 0.6) is 5.75 Å². The number of alkyl halides is 3. The van der Waals surface area contributed by atoms with Crippen molar-refractivity contribution in [3.8, 4) is 17.6 Å². The number of hydrogen-bond donors (Lipinski definition) is 3. The maximum atomic E-state index is 13.7. The lowest BCUT2D eigenvalue weighted by Crippen LogP contribution is -2.41. The number of fused-ring (bicyclic) bond motifs is 1. The number of nitrogens with zero attached hydrogens (tertiary/aromatic N) is 1. The molecule has 3 aromatic rings. The Bertz CT molecular complexity index is 1590. The lowest BCUT2D eigenvalue weighted by atomic mass is 10.0. The first-order valence-electron chi connectivity index (χ1n) is 14.3. The molecule has 13 heteroatoms. The Hall–Kier alpha value is -3.02. The number of thiophene rings is 1. The molecule has 0 spiro atoms. The average molecular weight is 654 g/mol. The molecule has 0 radical (unpaired) electrons. The van der Waals surface area contributed by atoms with Crippen molar-refractivity contribution < 1.29 is 36.2 Å². The van der Waals surface area contributed by atoms with Gasteiger partial charge in [0.25, 0.3) is 0 Å². The highest BCUT2D eigenvalue weighted by Crippen LogP contribution is 2.39. The Balaban J connectivity index is 1.55. The molecule has 1 fully saturated rings. The number of aliphatic hydroxyl groups excluding tert-OH is 1. The summed E-state index contributed by atoms with van der Waals surface area (Å²) in [7, 11) is -1.94. The fourth-order valence-corrected chi connectivity index (χ4v) is 6.92. The fourth-order valence-electron chi connectivity index (χ4n) is 5.11. The quantitative estimate of drug-likeness (QED) is 0.182. The van der Waals surface area contributed by atoms with Crippen LogP contribution in [0.2, 0.25) is 0 Å². The number of methoxy groups -OCH3 is 1. The van der Waals surface area contributed by atoms with Gasteiger partial charge in [-0.1, -0.05) is 24.0 Å². The van der Waals surface area contributed by atoms with E-state index in [1.165, 1.54) is 30.6 Å². The normalized spacial score (nSPS) is 15.5. The first-order chi connectivity index (χ1) is 20.8. The van der Waals surface area contributed by atoms with E-state index in [0.29, 0.717) is 34.9 Å². The molecule has 240 valence electrons. The summed E-state index contributed by atoms with van der Waals surface area (Å²) in [5.41, 5.74) is 1.45. The number of β-amino-alcohol motifs (C(OH)–C–C–N with tert-alkyl or cyclic N) is 1. The smallest absolute Gasteiger partial charge is 0.393 e. The minimum atomic E-state index is -4.40. The maximum Gasteiger partial charge on any atom is 0.393 e. The molecule has 1 atom stereocenters. The number of nitrogens with one attached hydrogen (secondary N) is 2. The zero-order valence-electron chi connectivity index (χ0n) is 25.0. The van der Waals surface area contributed by atoms with E-state index in [-0.39, 0.29) is 29.7 Å². The Labute approximate surface area is 260 Å². The molecule has 4 rings (SSSR count). The monoisotopic (exact) mass is 653 g/mol. The van der Waals surface area contributed by atoms with Gasteiger partial charge in [-0.3, -0.25) is 0 Å². The molecule has 1 aliphatic heterocycles. The van der Waals surface area contributed by atoms with Gasteiger partial charge in [0.2, 0.25) is 0 Å². The van der Waals surface area contributed by atoms with E-state index in [9.17, 15) is 26.7 Å². The van der Waals surface area contributed by atoms with Crippen LogP contribution in [0.3, 0.4) is 0 Å². The van der Waals surface area contributed by atoms with Gasteiger partial charge < -0.3 is 30.1 Å². The highest BCUT2D eigenvalue weighted by molar-refractivity contribution is 7.90. The van der Waals surface area contributed by atoms with Gasteiger partial charge in [-0.2, -0.15) is 13.2 Å². The van der Waals surface area contributed by atoms with Gasteiger partial charge >= 0.3 is 6.18 Å². The molecule has 1 aliphatic rings. The van der Waals surface area contributed by atoms with Crippen molar-refractivity contribution in [1.29, 1.82) is 0 Å². The predicted octanol–water partition coefficient (Wildman–Crippen LogP) is 5.16. The molecular weight excluding hydrogens is 615 g/mol. The molecule has 2 heterocycles. The number of likely N-dealkylation sites (tertiary alicyclic amines) is 1. The molecule has 0 amide bonds. The number of ether oxygens (including phenoxy) is 2. The highest BCUT2D eigenvalue weighted by Gasteiger charge is 2.31. The summed E-state index contributed by atoms with van der Waals surface area (Å²) >= 11 is 1.24. The number of aliphatic hydroxyl groups is 1. The van der Waals surface area contributed by atoms with Crippen molar-refractivity contribution >= 4 is 42.6 Å². The largest absolute Gasteiger partial charge is 0.489 e. The first kappa shape index (κ1) is 33.9.